The van der Waals surface area contributed by atoms with Gasteiger partial charge in [0.2, 0.25) is 0 Å². The summed E-state index contributed by atoms with van der Waals surface area (Å²) >= 11 is 6.34. The molecular weight excluding hydrogens is 230 g/mol. The quantitative estimate of drug-likeness (QED) is 0.540. The molecule has 0 bridgehead atoms. The molecule has 0 radical (unpaired) electrons. The van der Waals surface area contributed by atoms with Crippen LogP contribution in [0.4, 0.5) is 0 Å². The first kappa shape index (κ1) is 11.2. The van der Waals surface area contributed by atoms with Gasteiger partial charge >= 0.3 is 5.97 Å². The zero-order valence-corrected chi connectivity index (χ0v) is 9.94. The molecule has 86 valence electrons. The molecule has 0 saturated carbocycles. The molecule has 1 unspecified atom stereocenters. The molecule has 2 rings (SSSR count). The van der Waals surface area contributed by atoms with Crippen LogP contribution in [0.5, 0.6) is 0 Å². The Morgan fingerprint density at radius 1 is 1.75 bits per heavy atom. The van der Waals surface area contributed by atoms with Gasteiger partial charge in [-0.3, -0.25) is 0 Å². The summed E-state index contributed by atoms with van der Waals surface area (Å²) < 4.78 is 4.90. The van der Waals surface area contributed by atoms with Crippen LogP contribution in [0.1, 0.15) is 6.92 Å². The molecule has 6 heteroatoms. The molecule has 5 nitrogen and oxygen atoms in total. The minimum absolute atomic E-state index is 0.00114. The van der Waals surface area contributed by atoms with E-state index in [1.807, 2.05) is 18.1 Å². The molecular formula is C10H13ClN3O2+. The van der Waals surface area contributed by atoms with Crippen molar-refractivity contribution in [3.63, 3.8) is 0 Å². The van der Waals surface area contributed by atoms with Crippen LogP contribution in [0.3, 0.4) is 0 Å². The minimum Gasteiger partial charge on any atom is -0.462 e. The van der Waals surface area contributed by atoms with E-state index >= 15 is 0 Å². The van der Waals surface area contributed by atoms with E-state index in [-0.39, 0.29) is 4.00 Å². The predicted octanol–water partition coefficient (Wildman–Crippen LogP) is 1.19. The number of quaternary nitrogens is 1. The summed E-state index contributed by atoms with van der Waals surface area (Å²) in [6.45, 7) is 2.66. The second-order valence-electron chi connectivity index (χ2n) is 3.72. The zero-order valence-electron chi connectivity index (χ0n) is 9.18. The van der Waals surface area contributed by atoms with E-state index in [2.05, 4.69) is 4.99 Å². The number of nitrogens with zero attached hydrogens (tertiary/aromatic N) is 3. The number of rotatable bonds is 2. The van der Waals surface area contributed by atoms with Crippen molar-refractivity contribution in [2.24, 2.45) is 4.99 Å². The first-order valence-corrected chi connectivity index (χ1v) is 5.33. The fourth-order valence-corrected chi connectivity index (χ4v) is 2.04. The summed E-state index contributed by atoms with van der Waals surface area (Å²) in [5.41, 5.74) is 0.393. The summed E-state index contributed by atoms with van der Waals surface area (Å²) in [5.74, 6) is 0.315. The summed E-state index contributed by atoms with van der Waals surface area (Å²) in [4.78, 5) is 17.6. The maximum Gasteiger partial charge on any atom is 0.345 e. The van der Waals surface area contributed by atoms with Crippen LogP contribution in [0, 0.1) is 0 Å². The maximum absolute atomic E-state index is 11.5. The number of carbonyl (C=O) groups excluding carboxylic acids is 1. The Morgan fingerprint density at radius 3 is 3.19 bits per heavy atom. The summed E-state index contributed by atoms with van der Waals surface area (Å²) in [7, 11) is 1.90. The summed E-state index contributed by atoms with van der Waals surface area (Å²) in [6, 6.07) is 0. The van der Waals surface area contributed by atoms with Gasteiger partial charge < -0.3 is 9.64 Å². The van der Waals surface area contributed by atoms with Gasteiger partial charge in [-0.15, -0.1) is 4.00 Å². The molecule has 0 amide bonds. The highest BCUT2D eigenvalue weighted by Crippen LogP contribution is 2.33. The minimum atomic E-state index is -0.391. The van der Waals surface area contributed by atoms with Crippen LogP contribution in [0.15, 0.2) is 28.8 Å². The van der Waals surface area contributed by atoms with E-state index in [9.17, 15) is 4.79 Å². The number of hydrogen-bond donors (Lipinski definition) is 0. The third-order valence-corrected chi connectivity index (χ3v) is 2.71. The van der Waals surface area contributed by atoms with E-state index in [0.717, 1.165) is 0 Å². The number of esters is 1. The van der Waals surface area contributed by atoms with E-state index in [1.54, 1.807) is 13.1 Å². The average molecular weight is 243 g/mol. The van der Waals surface area contributed by atoms with Gasteiger partial charge in [0.05, 0.1) is 19.0 Å². The highest BCUT2D eigenvalue weighted by Gasteiger charge is 2.41. The number of carbonyl (C=O) groups is 1. The lowest BCUT2D eigenvalue weighted by Crippen LogP contribution is -2.35. The molecule has 0 aromatic rings. The molecule has 0 aromatic heterocycles. The third-order valence-electron chi connectivity index (χ3n) is 2.34. The van der Waals surface area contributed by atoms with Crippen LogP contribution in [0.25, 0.3) is 0 Å². The number of ether oxygens (including phenoxy) is 1. The molecule has 0 aromatic carbocycles. The van der Waals surface area contributed by atoms with Gasteiger partial charge in [0.1, 0.15) is 11.8 Å². The Balaban J connectivity index is 2.25. The predicted molar refractivity (Wildman–Crippen MR) is 60.0 cm³/mol. The largest absolute Gasteiger partial charge is 0.462 e. The molecule has 0 fully saturated rings. The Bertz CT molecular complexity index is 416. The zero-order chi connectivity index (χ0) is 11.8. The van der Waals surface area contributed by atoms with Gasteiger partial charge in [0, 0.05) is 7.05 Å². The van der Waals surface area contributed by atoms with E-state index in [1.165, 1.54) is 6.21 Å². The first-order valence-electron chi connectivity index (χ1n) is 4.99. The number of fused-ring (bicyclic) bond motifs is 1. The molecule has 0 N–H and O–H groups in total. The second kappa shape index (κ2) is 3.92. The average Bonchev–Trinajstić information content (AvgIpc) is 2.51. The van der Waals surface area contributed by atoms with Gasteiger partial charge in [0.15, 0.2) is 18.4 Å². The van der Waals surface area contributed by atoms with Crippen molar-refractivity contribution in [1.29, 1.82) is 0 Å². The van der Waals surface area contributed by atoms with Crippen molar-refractivity contribution in [1.82, 2.24) is 4.90 Å². The van der Waals surface area contributed by atoms with Crippen molar-refractivity contribution in [2.75, 3.05) is 20.3 Å². The molecule has 2 heterocycles. The highest BCUT2D eigenvalue weighted by molar-refractivity contribution is 6.12. The van der Waals surface area contributed by atoms with Crippen LogP contribution >= 0.6 is 11.8 Å². The van der Waals surface area contributed by atoms with Gasteiger partial charge in [-0.1, -0.05) is 0 Å². The highest BCUT2D eigenvalue weighted by atomic mass is 35.5. The second-order valence-corrected chi connectivity index (χ2v) is 4.32. The fraction of sp³-hybridized carbons (Fsp3) is 0.400. The lowest BCUT2D eigenvalue weighted by molar-refractivity contribution is -0.721. The van der Waals surface area contributed by atoms with Crippen LogP contribution in [-0.4, -0.2) is 41.4 Å². The number of halogens is 1. The standard InChI is InChI=1S/C10H13ClN3O2/c1-3-16-10(15)8-4-12-9-5-13(2)7-14(9,11)6-8/h4-6H,3,7H2,1-2H3/q+1. The first-order chi connectivity index (χ1) is 7.55. The topological polar surface area (TPSA) is 41.9 Å². The molecule has 0 saturated heterocycles. The monoisotopic (exact) mass is 242 g/mol. The number of hydrogen-bond acceptors (Lipinski definition) is 4. The SMILES string of the molecule is CCOC(=O)C1=C[N+]2(Cl)CN(C)C=C2N=C1. The van der Waals surface area contributed by atoms with Crippen LogP contribution < -0.4 is 0 Å². The van der Waals surface area contributed by atoms with Crippen molar-refractivity contribution in [2.45, 2.75) is 6.92 Å². The van der Waals surface area contributed by atoms with Crippen LogP contribution in [-0.2, 0) is 9.53 Å². The maximum atomic E-state index is 11.5. The van der Waals surface area contributed by atoms with Crippen molar-refractivity contribution in [3.8, 4) is 0 Å². The number of aliphatic imine (C=N–C) groups is 1. The Morgan fingerprint density at radius 2 is 2.50 bits per heavy atom. The third kappa shape index (κ3) is 1.83. The van der Waals surface area contributed by atoms with Gasteiger partial charge in [0.25, 0.3) is 5.82 Å². The molecule has 16 heavy (non-hydrogen) atoms. The van der Waals surface area contributed by atoms with Gasteiger partial charge in [-0.05, 0) is 6.92 Å². The smallest absolute Gasteiger partial charge is 0.345 e. The van der Waals surface area contributed by atoms with E-state index < -0.39 is 5.97 Å². The van der Waals surface area contributed by atoms with E-state index in [0.29, 0.717) is 24.7 Å². The van der Waals surface area contributed by atoms with Crippen molar-refractivity contribution >= 4 is 24.0 Å². The van der Waals surface area contributed by atoms with Crippen molar-refractivity contribution in [3.05, 3.63) is 23.8 Å². The molecule has 0 aliphatic carbocycles. The Labute approximate surface area is 98.9 Å². The Kier molecular flexibility index (Phi) is 2.73. The van der Waals surface area contributed by atoms with Crippen LogP contribution in [0.2, 0.25) is 0 Å². The molecule has 2 aliphatic heterocycles. The lowest BCUT2D eigenvalue weighted by atomic mass is 10.3. The normalized spacial score (nSPS) is 27.3. The van der Waals surface area contributed by atoms with Crippen molar-refractivity contribution < 1.29 is 13.5 Å². The molecule has 1 atom stereocenters. The van der Waals surface area contributed by atoms with E-state index in [4.69, 9.17) is 16.5 Å². The fourth-order valence-electron chi connectivity index (χ4n) is 1.68. The van der Waals surface area contributed by atoms with Gasteiger partial charge in [-0.25, -0.2) is 9.79 Å². The lowest BCUT2D eigenvalue weighted by Gasteiger charge is -2.22. The summed E-state index contributed by atoms with van der Waals surface area (Å²) in [6.07, 6.45) is 4.99. The molecule has 0 spiro atoms. The Hall–Kier alpha value is -1.33. The van der Waals surface area contributed by atoms with Gasteiger partial charge in [-0.2, -0.15) is 0 Å². The molecule has 2 aliphatic rings. The summed E-state index contributed by atoms with van der Waals surface area (Å²) in [5, 5.41) is 0.